The van der Waals surface area contributed by atoms with Crippen LogP contribution in [-0.4, -0.2) is 47.6 Å². The molecule has 2 N–H and O–H groups in total. The van der Waals surface area contributed by atoms with Crippen LogP contribution in [0, 0.1) is 0 Å². The third-order valence-electron chi connectivity index (χ3n) is 2.97. The molecule has 0 fully saturated rings. The van der Waals surface area contributed by atoms with Crippen molar-refractivity contribution in [2.45, 2.75) is 64.6 Å². The van der Waals surface area contributed by atoms with E-state index in [1.807, 2.05) is 13.8 Å². The standard InChI is InChI=1S/C16H28O6/c1-3-5-7-13(17)11-21-15(19)9-10-16(20)22-12-14(18)8-6-4-2/h9-10,13-14,17-18H,3-8,11-12H2,1-2H3/b10-9-. The van der Waals surface area contributed by atoms with Crippen molar-refractivity contribution in [3.63, 3.8) is 0 Å². The van der Waals surface area contributed by atoms with Crippen LogP contribution >= 0.6 is 0 Å². The fourth-order valence-electron chi connectivity index (χ4n) is 1.64. The summed E-state index contributed by atoms with van der Waals surface area (Å²) in [5.74, 6) is -1.42. The maximum atomic E-state index is 11.3. The number of aliphatic hydroxyl groups is 2. The highest BCUT2D eigenvalue weighted by molar-refractivity contribution is 5.91. The molecule has 0 radical (unpaired) electrons. The molecular formula is C16H28O6. The molecular weight excluding hydrogens is 288 g/mol. The Balaban J connectivity index is 3.84. The second kappa shape index (κ2) is 13.3. The largest absolute Gasteiger partial charge is 0.460 e. The predicted octanol–water partition coefficient (Wildman–Crippen LogP) is 1.73. The number of ether oxygens (including phenoxy) is 2. The highest BCUT2D eigenvalue weighted by atomic mass is 16.5. The fourth-order valence-corrected chi connectivity index (χ4v) is 1.64. The lowest BCUT2D eigenvalue weighted by molar-refractivity contribution is -0.143. The Kier molecular flexibility index (Phi) is 12.4. The number of esters is 2. The molecule has 0 aromatic carbocycles. The van der Waals surface area contributed by atoms with Crippen LogP contribution < -0.4 is 0 Å². The molecule has 2 unspecified atom stereocenters. The second-order valence-corrected chi connectivity index (χ2v) is 5.19. The molecule has 0 aliphatic heterocycles. The monoisotopic (exact) mass is 316 g/mol. The molecule has 22 heavy (non-hydrogen) atoms. The van der Waals surface area contributed by atoms with Gasteiger partial charge in [0.1, 0.15) is 13.2 Å². The van der Waals surface area contributed by atoms with Crippen LogP contribution in [0.15, 0.2) is 12.2 Å². The Hall–Kier alpha value is -1.40. The van der Waals surface area contributed by atoms with Crippen LogP contribution in [0.25, 0.3) is 0 Å². The Morgan fingerprint density at radius 1 is 0.864 bits per heavy atom. The summed E-state index contributed by atoms with van der Waals surface area (Å²) in [6.45, 7) is 3.83. The van der Waals surface area contributed by atoms with Gasteiger partial charge in [0.15, 0.2) is 0 Å². The number of hydrogen-bond donors (Lipinski definition) is 2. The molecule has 0 amide bonds. The summed E-state index contributed by atoms with van der Waals surface area (Å²) in [5, 5.41) is 19.0. The highest BCUT2D eigenvalue weighted by Gasteiger charge is 2.08. The zero-order chi connectivity index (χ0) is 16.8. The molecule has 0 saturated heterocycles. The van der Waals surface area contributed by atoms with E-state index in [0.717, 1.165) is 37.8 Å². The maximum absolute atomic E-state index is 11.3. The fraction of sp³-hybridized carbons (Fsp3) is 0.750. The molecule has 0 spiro atoms. The van der Waals surface area contributed by atoms with E-state index < -0.39 is 24.1 Å². The summed E-state index contributed by atoms with van der Waals surface area (Å²) < 4.78 is 9.59. The van der Waals surface area contributed by atoms with E-state index in [2.05, 4.69) is 0 Å². The third-order valence-corrected chi connectivity index (χ3v) is 2.97. The first-order chi connectivity index (χ1) is 10.5. The van der Waals surface area contributed by atoms with Gasteiger partial charge in [-0.15, -0.1) is 0 Å². The van der Waals surface area contributed by atoms with Gasteiger partial charge in [-0.25, -0.2) is 9.59 Å². The first-order valence-electron chi connectivity index (χ1n) is 7.87. The van der Waals surface area contributed by atoms with Gasteiger partial charge < -0.3 is 19.7 Å². The zero-order valence-electron chi connectivity index (χ0n) is 13.5. The van der Waals surface area contributed by atoms with Crippen molar-refractivity contribution in [2.75, 3.05) is 13.2 Å². The molecule has 0 aromatic heterocycles. The van der Waals surface area contributed by atoms with Crippen molar-refractivity contribution in [3.8, 4) is 0 Å². The van der Waals surface area contributed by atoms with E-state index in [9.17, 15) is 19.8 Å². The van der Waals surface area contributed by atoms with Crippen molar-refractivity contribution < 1.29 is 29.3 Å². The van der Waals surface area contributed by atoms with Crippen LogP contribution in [0.4, 0.5) is 0 Å². The number of carbonyl (C=O) groups is 2. The summed E-state index contributed by atoms with van der Waals surface area (Å²) in [7, 11) is 0. The molecule has 6 nitrogen and oxygen atoms in total. The number of hydrogen-bond acceptors (Lipinski definition) is 6. The van der Waals surface area contributed by atoms with E-state index in [1.54, 1.807) is 0 Å². The lowest BCUT2D eigenvalue weighted by Crippen LogP contribution is -2.18. The number of aliphatic hydroxyl groups excluding tert-OH is 2. The Morgan fingerprint density at radius 2 is 1.23 bits per heavy atom. The van der Waals surface area contributed by atoms with Crippen molar-refractivity contribution >= 4 is 11.9 Å². The molecule has 128 valence electrons. The molecule has 0 aliphatic carbocycles. The predicted molar refractivity (Wildman–Crippen MR) is 82.1 cm³/mol. The molecule has 0 bridgehead atoms. The molecule has 0 aliphatic rings. The molecule has 0 saturated carbocycles. The Bertz CT molecular complexity index is 308. The quantitative estimate of drug-likeness (QED) is 0.421. The van der Waals surface area contributed by atoms with Crippen LogP contribution in [0.3, 0.4) is 0 Å². The van der Waals surface area contributed by atoms with Gasteiger partial charge in [-0.05, 0) is 12.8 Å². The average molecular weight is 316 g/mol. The van der Waals surface area contributed by atoms with E-state index >= 15 is 0 Å². The van der Waals surface area contributed by atoms with Gasteiger partial charge >= 0.3 is 11.9 Å². The minimum absolute atomic E-state index is 0.0893. The lowest BCUT2D eigenvalue weighted by Gasteiger charge is -2.10. The van der Waals surface area contributed by atoms with E-state index in [-0.39, 0.29) is 13.2 Å². The highest BCUT2D eigenvalue weighted by Crippen LogP contribution is 2.02. The number of carbonyl (C=O) groups excluding carboxylic acids is 2. The summed E-state index contributed by atoms with van der Waals surface area (Å²) in [5.41, 5.74) is 0. The normalized spacial score (nSPS) is 13.8. The van der Waals surface area contributed by atoms with E-state index in [0.29, 0.717) is 12.8 Å². The van der Waals surface area contributed by atoms with Gasteiger partial charge in [-0.1, -0.05) is 39.5 Å². The van der Waals surface area contributed by atoms with Gasteiger partial charge in [-0.3, -0.25) is 0 Å². The molecule has 2 atom stereocenters. The first-order valence-corrected chi connectivity index (χ1v) is 7.87. The number of rotatable bonds is 12. The third kappa shape index (κ3) is 12.3. The first kappa shape index (κ1) is 20.6. The average Bonchev–Trinajstić information content (AvgIpc) is 2.52. The van der Waals surface area contributed by atoms with Gasteiger partial charge in [0.05, 0.1) is 12.2 Å². The minimum atomic E-state index is -0.709. The molecule has 0 aromatic rings. The lowest BCUT2D eigenvalue weighted by atomic mass is 10.2. The van der Waals surface area contributed by atoms with E-state index in [4.69, 9.17) is 9.47 Å². The summed E-state index contributed by atoms with van der Waals surface area (Å²) >= 11 is 0. The van der Waals surface area contributed by atoms with Crippen LogP contribution in [-0.2, 0) is 19.1 Å². The number of unbranched alkanes of at least 4 members (excludes halogenated alkanes) is 2. The molecule has 0 heterocycles. The van der Waals surface area contributed by atoms with E-state index in [1.165, 1.54) is 0 Å². The van der Waals surface area contributed by atoms with Gasteiger partial charge in [-0.2, -0.15) is 0 Å². The SMILES string of the molecule is CCCCC(O)COC(=O)/C=C\C(=O)OCC(O)CCCC. The van der Waals surface area contributed by atoms with Crippen LogP contribution in [0.1, 0.15) is 52.4 Å². The van der Waals surface area contributed by atoms with Gasteiger partial charge in [0.2, 0.25) is 0 Å². The van der Waals surface area contributed by atoms with Crippen LogP contribution in [0.5, 0.6) is 0 Å². The zero-order valence-corrected chi connectivity index (χ0v) is 13.5. The minimum Gasteiger partial charge on any atom is -0.460 e. The van der Waals surface area contributed by atoms with Crippen molar-refractivity contribution in [1.82, 2.24) is 0 Å². The molecule has 6 heteroatoms. The van der Waals surface area contributed by atoms with Crippen molar-refractivity contribution in [1.29, 1.82) is 0 Å². The topological polar surface area (TPSA) is 93.1 Å². The van der Waals surface area contributed by atoms with Gasteiger partial charge in [0, 0.05) is 12.2 Å². The summed E-state index contributed by atoms with van der Waals surface area (Å²) in [6.07, 6.45) is 5.33. The Labute approximate surface area is 132 Å². The maximum Gasteiger partial charge on any atom is 0.331 e. The summed E-state index contributed by atoms with van der Waals surface area (Å²) in [4.78, 5) is 22.7. The van der Waals surface area contributed by atoms with Crippen molar-refractivity contribution in [2.24, 2.45) is 0 Å². The smallest absolute Gasteiger partial charge is 0.331 e. The summed E-state index contributed by atoms with van der Waals surface area (Å²) in [6, 6.07) is 0. The van der Waals surface area contributed by atoms with Crippen LogP contribution in [0.2, 0.25) is 0 Å². The Morgan fingerprint density at radius 3 is 1.55 bits per heavy atom. The van der Waals surface area contributed by atoms with Gasteiger partial charge in [0.25, 0.3) is 0 Å². The van der Waals surface area contributed by atoms with Crippen molar-refractivity contribution in [3.05, 3.63) is 12.2 Å². The molecule has 0 rings (SSSR count). The second-order valence-electron chi connectivity index (χ2n) is 5.19.